The monoisotopic (exact) mass is 386 g/mol. The van der Waals surface area contributed by atoms with Crippen LogP contribution in [0.3, 0.4) is 0 Å². The van der Waals surface area contributed by atoms with Gasteiger partial charge in [0.15, 0.2) is 5.78 Å². The third kappa shape index (κ3) is 6.14. The first-order valence-corrected chi connectivity index (χ1v) is 10.7. The number of ketones is 1. The summed E-state index contributed by atoms with van der Waals surface area (Å²) in [5, 5.41) is 2.98. The van der Waals surface area contributed by atoms with Gasteiger partial charge in [-0.15, -0.1) is 0 Å². The first kappa shape index (κ1) is 21.0. The molecule has 0 spiro atoms. The topological polar surface area (TPSA) is 58.6 Å². The Kier molecular flexibility index (Phi) is 7.63. The minimum Gasteiger partial charge on any atom is -0.376 e. The fourth-order valence-electron chi connectivity index (χ4n) is 4.16. The van der Waals surface area contributed by atoms with Crippen LogP contribution in [0.25, 0.3) is 0 Å². The van der Waals surface area contributed by atoms with Gasteiger partial charge in [0.05, 0.1) is 12.6 Å². The molecule has 2 heterocycles. The van der Waals surface area contributed by atoms with Crippen LogP contribution in [0.5, 0.6) is 0 Å². The quantitative estimate of drug-likeness (QED) is 0.698. The molecule has 0 aliphatic carbocycles. The molecule has 1 aromatic carbocycles. The Morgan fingerprint density at radius 1 is 1.14 bits per heavy atom. The van der Waals surface area contributed by atoms with Gasteiger partial charge >= 0.3 is 0 Å². The van der Waals surface area contributed by atoms with Crippen molar-refractivity contribution >= 4 is 11.7 Å². The lowest BCUT2D eigenvalue weighted by Crippen LogP contribution is -2.44. The van der Waals surface area contributed by atoms with Gasteiger partial charge in [0.2, 0.25) is 5.91 Å². The molecule has 2 aliphatic rings. The van der Waals surface area contributed by atoms with Crippen LogP contribution in [0.4, 0.5) is 0 Å². The lowest BCUT2D eigenvalue weighted by Gasteiger charge is -2.30. The van der Waals surface area contributed by atoms with E-state index in [9.17, 15) is 9.59 Å². The summed E-state index contributed by atoms with van der Waals surface area (Å²) >= 11 is 0. The Labute approximate surface area is 168 Å². The summed E-state index contributed by atoms with van der Waals surface area (Å²) in [7, 11) is 0. The Hall–Kier alpha value is -1.72. The molecule has 28 heavy (non-hydrogen) atoms. The van der Waals surface area contributed by atoms with Gasteiger partial charge in [-0.25, -0.2) is 0 Å². The Balaban J connectivity index is 1.40. The maximum Gasteiger partial charge on any atom is 0.234 e. The van der Waals surface area contributed by atoms with Crippen LogP contribution in [0.2, 0.25) is 0 Å². The zero-order chi connectivity index (χ0) is 19.9. The lowest BCUT2D eigenvalue weighted by atomic mass is 9.88. The van der Waals surface area contributed by atoms with Crippen molar-refractivity contribution in [3.8, 4) is 0 Å². The second-order valence-electron chi connectivity index (χ2n) is 8.65. The van der Waals surface area contributed by atoms with E-state index in [-0.39, 0.29) is 23.7 Å². The number of piperidine rings is 1. The van der Waals surface area contributed by atoms with Gasteiger partial charge < -0.3 is 10.1 Å². The largest absolute Gasteiger partial charge is 0.376 e. The molecule has 2 aliphatic heterocycles. The van der Waals surface area contributed by atoms with Gasteiger partial charge in [0.25, 0.3) is 0 Å². The van der Waals surface area contributed by atoms with E-state index in [0.29, 0.717) is 19.0 Å². The van der Waals surface area contributed by atoms with Crippen LogP contribution in [0.15, 0.2) is 24.3 Å². The summed E-state index contributed by atoms with van der Waals surface area (Å²) < 4.78 is 5.54. The molecule has 0 saturated carbocycles. The van der Waals surface area contributed by atoms with Crippen molar-refractivity contribution in [2.24, 2.45) is 11.8 Å². The van der Waals surface area contributed by atoms with Crippen LogP contribution in [0.1, 0.15) is 55.5 Å². The lowest BCUT2D eigenvalue weighted by molar-refractivity contribution is -0.123. The predicted octanol–water partition coefficient (Wildman–Crippen LogP) is 3.08. The average molecular weight is 387 g/mol. The van der Waals surface area contributed by atoms with E-state index in [2.05, 4.69) is 36.2 Å². The summed E-state index contributed by atoms with van der Waals surface area (Å²) in [6.45, 7) is 7.84. The number of hydrogen-bond acceptors (Lipinski definition) is 4. The summed E-state index contributed by atoms with van der Waals surface area (Å²) in [4.78, 5) is 27.1. The van der Waals surface area contributed by atoms with E-state index in [1.807, 2.05) is 12.1 Å². The fraction of sp³-hybridized carbons (Fsp3) is 0.652. The second kappa shape index (κ2) is 10.2. The van der Waals surface area contributed by atoms with E-state index >= 15 is 0 Å². The van der Waals surface area contributed by atoms with Gasteiger partial charge in [-0.05, 0) is 56.7 Å². The van der Waals surface area contributed by atoms with Crippen LogP contribution in [0, 0.1) is 11.8 Å². The van der Waals surface area contributed by atoms with Crippen LogP contribution in [-0.2, 0) is 16.0 Å². The van der Waals surface area contributed by atoms with E-state index in [0.717, 1.165) is 57.4 Å². The molecular weight excluding hydrogens is 352 g/mol. The van der Waals surface area contributed by atoms with Gasteiger partial charge in [-0.2, -0.15) is 0 Å². The van der Waals surface area contributed by atoms with E-state index in [1.165, 1.54) is 5.56 Å². The molecule has 1 aromatic rings. The minimum absolute atomic E-state index is 0.0565. The number of hydrogen-bond donors (Lipinski definition) is 1. The molecule has 2 saturated heterocycles. The molecule has 2 fully saturated rings. The number of nitrogens with one attached hydrogen (secondary N) is 1. The number of Topliss-reactive ketones (excluding diaryl/α,β-unsaturated/α-hetero) is 1. The molecule has 5 heteroatoms. The maximum atomic E-state index is 12.8. The molecule has 0 aromatic heterocycles. The van der Waals surface area contributed by atoms with Gasteiger partial charge in [-0.3, -0.25) is 14.5 Å². The number of rotatable bonds is 8. The number of amides is 1. The zero-order valence-electron chi connectivity index (χ0n) is 17.3. The highest BCUT2D eigenvalue weighted by molar-refractivity contribution is 5.98. The third-order valence-electron chi connectivity index (χ3n) is 5.76. The van der Waals surface area contributed by atoms with Crippen LogP contribution in [-0.4, -0.2) is 55.5 Å². The standard InChI is InChI=1S/C23H34N2O3/c1-17(2)14-18-5-7-19(8-6-18)23(27)20-9-11-25(12-10-20)16-22(26)24-15-21-4-3-13-28-21/h5-8,17,20-21H,3-4,9-16H2,1-2H3,(H,24,26)/t21-/m1/s1. The predicted molar refractivity (Wildman–Crippen MR) is 110 cm³/mol. The first-order chi connectivity index (χ1) is 13.5. The van der Waals surface area contributed by atoms with Crippen molar-refractivity contribution < 1.29 is 14.3 Å². The summed E-state index contributed by atoms with van der Waals surface area (Å²) in [5.74, 6) is 0.996. The molecular formula is C23H34N2O3. The number of carbonyl (C=O) groups excluding carboxylic acids is 2. The van der Waals surface area contributed by atoms with Crippen molar-refractivity contribution in [2.45, 2.75) is 52.1 Å². The molecule has 0 unspecified atom stereocenters. The second-order valence-corrected chi connectivity index (χ2v) is 8.65. The van der Waals surface area contributed by atoms with Gasteiger partial charge in [0.1, 0.15) is 0 Å². The fourth-order valence-corrected chi connectivity index (χ4v) is 4.16. The molecule has 3 rings (SSSR count). The Bertz CT molecular complexity index is 642. The van der Waals surface area contributed by atoms with Crippen molar-refractivity contribution in [1.82, 2.24) is 10.2 Å². The molecule has 0 bridgehead atoms. The van der Waals surface area contributed by atoms with Gasteiger partial charge in [-0.1, -0.05) is 38.1 Å². The van der Waals surface area contributed by atoms with E-state index in [4.69, 9.17) is 4.74 Å². The van der Waals surface area contributed by atoms with Crippen molar-refractivity contribution in [2.75, 3.05) is 32.8 Å². The molecule has 1 atom stereocenters. The number of ether oxygens (including phenoxy) is 1. The summed E-state index contributed by atoms with van der Waals surface area (Å²) in [5.41, 5.74) is 2.11. The highest BCUT2D eigenvalue weighted by Gasteiger charge is 2.27. The smallest absolute Gasteiger partial charge is 0.234 e. The number of nitrogens with zero attached hydrogens (tertiary/aromatic N) is 1. The van der Waals surface area contributed by atoms with Crippen molar-refractivity contribution in [3.05, 3.63) is 35.4 Å². The number of benzene rings is 1. The maximum absolute atomic E-state index is 12.8. The summed E-state index contributed by atoms with van der Waals surface area (Å²) in [6, 6.07) is 8.12. The Morgan fingerprint density at radius 3 is 2.46 bits per heavy atom. The zero-order valence-corrected chi connectivity index (χ0v) is 17.3. The van der Waals surface area contributed by atoms with Crippen molar-refractivity contribution in [3.63, 3.8) is 0 Å². The van der Waals surface area contributed by atoms with Crippen LogP contribution < -0.4 is 5.32 Å². The normalized spacial score (nSPS) is 21.2. The first-order valence-electron chi connectivity index (χ1n) is 10.7. The molecule has 0 radical (unpaired) electrons. The Morgan fingerprint density at radius 2 is 1.86 bits per heavy atom. The molecule has 5 nitrogen and oxygen atoms in total. The molecule has 1 amide bonds. The van der Waals surface area contributed by atoms with E-state index < -0.39 is 0 Å². The summed E-state index contributed by atoms with van der Waals surface area (Å²) in [6.07, 6.45) is 4.99. The third-order valence-corrected chi connectivity index (χ3v) is 5.76. The molecule has 154 valence electrons. The van der Waals surface area contributed by atoms with Crippen molar-refractivity contribution in [1.29, 1.82) is 0 Å². The number of likely N-dealkylation sites (tertiary alicyclic amines) is 1. The van der Waals surface area contributed by atoms with Crippen LogP contribution >= 0.6 is 0 Å². The highest BCUT2D eigenvalue weighted by Crippen LogP contribution is 2.22. The van der Waals surface area contributed by atoms with E-state index in [1.54, 1.807) is 0 Å². The molecule has 1 N–H and O–H groups in total. The average Bonchev–Trinajstić information content (AvgIpc) is 3.20. The highest BCUT2D eigenvalue weighted by atomic mass is 16.5. The minimum atomic E-state index is 0.0565. The number of carbonyl (C=O) groups is 2. The SMILES string of the molecule is CC(C)Cc1ccc(C(=O)C2CCN(CC(=O)NC[C@H]3CCCO3)CC2)cc1. The van der Waals surface area contributed by atoms with Gasteiger partial charge in [0, 0.05) is 24.6 Å².